The lowest BCUT2D eigenvalue weighted by atomic mass is 10.1. The van der Waals surface area contributed by atoms with Crippen molar-refractivity contribution in [3.63, 3.8) is 0 Å². The number of rotatable bonds is 4. The number of carbonyl (C=O) groups is 1. The van der Waals surface area contributed by atoms with E-state index in [0.29, 0.717) is 12.6 Å². The van der Waals surface area contributed by atoms with E-state index in [1.54, 1.807) is 0 Å². The fourth-order valence-corrected chi connectivity index (χ4v) is 3.20. The van der Waals surface area contributed by atoms with Crippen LogP contribution in [0.4, 0.5) is 0 Å². The molecule has 2 saturated heterocycles. The average molecular weight is 267 g/mol. The molecule has 0 saturated carbocycles. The molecule has 2 aliphatic heterocycles. The summed E-state index contributed by atoms with van der Waals surface area (Å²) >= 11 is 0. The molecule has 2 heterocycles. The SMILES string of the molecule is CN1CCC[C@H]1CNC(=O)CN1CCCCCCC1. The number of hydrogen-bond acceptors (Lipinski definition) is 3. The van der Waals surface area contributed by atoms with E-state index in [9.17, 15) is 4.79 Å². The molecule has 1 N–H and O–H groups in total. The largest absolute Gasteiger partial charge is 0.353 e. The zero-order valence-electron chi connectivity index (χ0n) is 12.4. The molecule has 0 aromatic rings. The molecule has 19 heavy (non-hydrogen) atoms. The number of likely N-dealkylation sites (tertiary alicyclic amines) is 2. The molecule has 2 aliphatic rings. The average Bonchev–Trinajstić information content (AvgIpc) is 2.76. The summed E-state index contributed by atoms with van der Waals surface area (Å²) in [4.78, 5) is 16.7. The lowest BCUT2D eigenvalue weighted by Crippen LogP contribution is -2.43. The van der Waals surface area contributed by atoms with Gasteiger partial charge in [0.15, 0.2) is 0 Å². The van der Waals surface area contributed by atoms with Gasteiger partial charge in [0.05, 0.1) is 6.54 Å². The van der Waals surface area contributed by atoms with Crippen LogP contribution in [0.2, 0.25) is 0 Å². The first-order valence-corrected chi connectivity index (χ1v) is 7.95. The molecule has 0 radical (unpaired) electrons. The van der Waals surface area contributed by atoms with Crippen molar-refractivity contribution in [2.24, 2.45) is 0 Å². The van der Waals surface area contributed by atoms with Gasteiger partial charge in [0.1, 0.15) is 0 Å². The third-order valence-corrected chi connectivity index (χ3v) is 4.52. The molecular weight excluding hydrogens is 238 g/mol. The van der Waals surface area contributed by atoms with Crippen LogP contribution in [0.3, 0.4) is 0 Å². The van der Waals surface area contributed by atoms with Gasteiger partial charge in [0.2, 0.25) is 5.91 Å². The van der Waals surface area contributed by atoms with E-state index in [1.807, 2.05) is 0 Å². The molecule has 110 valence electrons. The van der Waals surface area contributed by atoms with Gasteiger partial charge in [-0.1, -0.05) is 19.3 Å². The van der Waals surface area contributed by atoms with Gasteiger partial charge in [0, 0.05) is 12.6 Å². The van der Waals surface area contributed by atoms with Crippen LogP contribution in [0.25, 0.3) is 0 Å². The number of amides is 1. The van der Waals surface area contributed by atoms with Crippen molar-refractivity contribution in [1.29, 1.82) is 0 Å². The van der Waals surface area contributed by atoms with Gasteiger partial charge < -0.3 is 10.2 Å². The number of likely N-dealkylation sites (N-methyl/N-ethyl adjacent to an activating group) is 1. The molecule has 0 aromatic heterocycles. The van der Waals surface area contributed by atoms with E-state index in [2.05, 4.69) is 22.2 Å². The Hall–Kier alpha value is -0.610. The fourth-order valence-electron chi connectivity index (χ4n) is 3.20. The second-order valence-electron chi connectivity index (χ2n) is 6.12. The minimum absolute atomic E-state index is 0.209. The Kier molecular flexibility index (Phi) is 6.11. The molecule has 2 rings (SSSR count). The van der Waals surface area contributed by atoms with Gasteiger partial charge in [-0.25, -0.2) is 0 Å². The zero-order chi connectivity index (χ0) is 13.5. The highest BCUT2D eigenvalue weighted by atomic mass is 16.2. The summed E-state index contributed by atoms with van der Waals surface area (Å²) in [6, 6.07) is 0.552. The van der Waals surface area contributed by atoms with Crippen molar-refractivity contribution in [3.8, 4) is 0 Å². The van der Waals surface area contributed by atoms with E-state index >= 15 is 0 Å². The molecule has 1 amide bonds. The maximum Gasteiger partial charge on any atom is 0.234 e. The highest BCUT2D eigenvalue weighted by Crippen LogP contribution is 2.13. The predicted octanol–water partition coefficient (Wildman–Crippen LogP) is 1.46. The Morgan fingerprint density at radius 2 is 1.74 bits per heavy atom. The topological polar surface area (TPSA) is 35.6 Å². The normalized spacial score (nSPS) is 26.9. The number of hydrogen-bond donors (Lipinski definition) is 1. The lowest BCUT2D eigenvalue weighted by Gasteiger charge is -2.25. The molecule has 0 spiro atoms. The second kappa shape index (κ2) is 7.85. The first-order chi connectivity index (χ1) is 9.25. The van der Waals surface area contributed by atoms with Crippen LogP contribution in [0.1, 0.15) is 44.9 Å². The summed E-state index contributed by atoms with van der Waals surface area (Å²) in [5.41, 5.74) is 0. The molecule has 0 bridgehead atoms. The summed E-state index contributed by atoms with van der Waals surface area (Å²) in [6.45, 7) is 4.78. The molecule has 1 atom stereocenters. The van der Waals surface area contributed by atoms with Crippen LogP contribution < -0.4 is 5.32 Å². The molecule has 0 aromatic carbocycles. The number of nitrogens with zero attached hydrogens (tertiary/aromatic N) is 2. The first kappa shape index (κ1) is 14.8. The third-order valence-electron chi connectivity index (χ3n) is 4.52. The van der Waals surface area contributed by atoms with Gasteiger partial charge in [0.25, 0.3) is 0 Å². The first-order valence-electron chi connectivity index (χ1n) is 7.95. The molecular formula is C15H29N3O. The van der Waals surface area contributed by atoms with E-state index in [-0.39, 0.29) is 5.91 Å². The van der Waals surface area contributed by atoms with Crippen LogP contribution in [0, 0.1) is 0 Å². The monoisotopic (exact) mass is 267 g/mol. The van der Waals surface area contributed by atoms with Gasteiger partial charge in [-0.15, -0.1) is 0 Å². The van der Waals surface area contributed by atoms with Crippen LogP contribution in [0.15, 0.2) is 0 Å². The zero-order valence-corrected chi connectivity index (χ0v) is 12.4. The summed E-state index contributed by atoms with van der Waals surface area (Å²) in [5.74, 6) is 0.209. The van der Waals surface area contributed by atoms with Gasteiger partial charge in [-0.05, 0) is 52.4 Å². The van der Waals surface area contributed by atoms with Crippen molar-refractivity contribution < 1.29 is 4.79 Å². The Labute approximate surface area is 117 Å². The predicted molar refractivity (Wildman–Crippen MR) is 78.2 cm³/mol. The van der Waals surface area contributed by atoms with E-state index in [1.165, 1.54) is 51.5 Å². The highest BCUT2D eigenvalue weighted by Gasteiger charge is 2.21. The Bertz CT molecular complexity index is 275. The molecule has 2 fully saturated rings. The standard InChI is InChI=1S/C15H29N3O/c1-17-9-7-8-14(17)12-16-15(19)13-18-10-5-3-2-4-6-11-18/h14H,2-13H2,1H3,(H,16,19)/t14-/m0/s1. The van der Waals surface area contributed by atoms with Crippen molar-refractivity contribution in [2.75, 3.05) is 39.8 Å². The molecule has 4 heteroatoms. The Morgan fingerprint density at radius 1 is 1.05 bits per heavy atom. The Balaban J connectivity index is 1.65. The quantitative estimate of drug-likeness (QED) is 0.838. The fraction of sp³-hybridized carbons (Fsp3) is 0.933. The van der Waals surface area contributed by atoms with E-state index in [4.69, 9.17) is 0 Å². The smallest absolute Gasteiger partial charge is 0.234 e. The van der Waals surface area contributed by atoms with Crippen molar-refractivity contribution in [1.82, 2.24) is 15.1 Å². The second-order valence-corrected chi connectivity index (χ2v) is 6.12. The van der Waals surface area contributed by atoms with Crippen LogP contribution >= 0.6 is 0 Å². The number of nitrogens with one attached hydrogen (secondary N) is 1. The maximum atomic E-state index is 12.0. The van der Waals surface area contributed by atoms with Crippen LogP contribution in [-0.2, 0) is 4.79 Å². The van der Waals surface area contributed by atoms with Crippen LogP contribution in [0.5, 0.6) is 0 Å². The minimum Gasteiger partial charge on any atom is -0.353 e. The van der Waals surface area contributed by atoms with Gasteiger partial charge in [-0.3, -0.25) is 9.69 Å². The van der Waals surface area contributed by atoms with Crippen molar-refractivity contribution >= 4 is 5.91 Å². The Morgan fingerprint density at radius 3 is 2.37 bits per heavy atom. The third kappa shape index (κ3) is 5.11. The summed E-state index contributed by atoms with van der Waals surface area (Å²) < 4.78 is 0. The van der Waals surface area contributed by atoms with Crippen molar-refractivity contribution in [2.45, 2.75) is 51.0 Å². The molecule has 0 aliphatic carbocycles. The van der Waals surface area contributed by atoms with Crippen molar-refractivity contribution in [3.05, 3.63) is 0 Å². The summed E-state index contributed by atoms with van der Waals surface area (Å²) in [6.07, 6.45) is 9.00. The highest BCUT2D eigenvalue weighted by molar-refractivity contribution is 5.78. The lowest BCUT2D eigenvalue weighted by molar-refractivity contribution is -0.122. The van der Waals surface area contributed by atoms with E-state index < -0.39 is 0 Å². The summed E-state index contributed by atoms with van der Waals surface area (Å²) in [5, 5.41) is 3.12. The van der Waals surface area contributed by atoms with E-state index in [0.717, 1.165) is 19.6 Å². The summed E-state index contributed by atoms with van der Waals surface area (Å²) in [7, 11) is 2.15. The molecule has 4 nitrogen and oxygen atoms in total. The van der Waals surface area contributed by atoms with Gasteiger partial charge in [-0.2, -0.15) is 0 Å². The maximum absolute atomic E-state index is 12.0. The minimum atomic E-state index is 0.209. The van der Waals surface area contributed by atoms with Crippen LogP contribution in [-0.4, -0.2) is 61.5 Å². The van der Waals surface area contributed by atoms with Gasteiger partial charge >= 0.3 is 0 Å². The number of carbonyl (C=O) groups excluding carboxylic acids is 1. The molecule has 0 unspecified atom stereocenters.